The normalized spacial score (nSPS) is 12.4. The molecule has 1 heterocycles. The van der Waals surface area contributed by atoms with E-state index in [0.29, 0.717) is 0 Å². The molecule has 0 fully saturated rings. The summed E-state index contributed by atoms with van der Waals surface area (Å²) < 4.78 is 2.44. The van der Waals surface area contributed by atoms with Gasteiger partial charge in [-0.3, -0.25) is 0 Å². The quantitative estimate of drug-likeness (QED) is 0.315. The average molecular weight is 373 g/mol. The molecule has 1 aliphatic rings. The highest BCUT2D eigenvalue weighted by Gasteiger charge is 2.18. The second-order valence-electron chi connectivity index (χ2n) is 8.12. The van der Waals surface area contributed by atoms with Gasteiger partial charge in [-0.25, -0.2) is 0 Å². The molecule has 0 saturated heterocycles. The monoisotopic (exact) mass is 373 g/mol. The van der Waals surface area contributed by atoms with E-state index >= 15 is 0 Å². The molecule has 1 aromatic heterocycles. The van der Waals surface area contributed by atoms with Crippen molar-refractivity contribution >= 4 is 21.8 Å². The van der Waals surface area contributed by atoms with Crippen LogP contribution in [-0.2, 0) is 19.4 Å². The molecule has 5 aromatic rings. The molecule has 1 nitrogen and oxygen atoms in total. The lowest BCUT2D eigenvalue weighted by Crippen LogP contribution is -1.95. The van der Waals surface area contributed by atoms with Crippen molar-refractivity contribution in [1.29, 1.82) is 0 Å². The van der Waals surface area contributed by atoms with Gasteiger partial charge in [0.2, 0.25) is 0 Å². The molecule has 0 saturated carbocycles. The van der Waals surface area contributed by atoms with Gasteiger partial charge in [0.1, 0.15) is 0 Å². The highest BCUT2D eigenvalue weighted by molar-refractivity contribution is 6.08. The van der Waals surface area contributed by atoms with E-state index in [1.807, 2.05) is 0 Å². The third kappa shape index (κ3) is 2.54. The maximum Gasteiger partial charge on any atom is 0.0494 e. The summed E-state index contributed by atoms with van der Waals surface area (Å²) in [6.07, 6.45) is 2.03. The summed E-state index contributed by atoms with van der Waals surface area (Å²) >= 11 is 0. The first-order chi connectivity index (χ1) is 14.3. The van der Waals surface area contributed by atoms with Crippen molar-refractivity contribution in [1.82, 2.24) is 4.57 Å². The van der Waals surface area contributed by atoms with E-state index in [2.05, 4.69) is 96.4 Å². The van der Waals surface area contributed by atoms with Crippen LogP contribution in [0.3, 0.4) is 0 Å². The lowest BCUT2D eigenvalue weighted by Gasteiger charge is -2.08. The fourth-order valence-electron chi connectivity index (χ4n) is 5.06. The molecular formula is C28H23N. The van der Waals surface area contributed by atoms with Crippen LogP contribution in [0.15, 0.2) is 84.9 Å². The van der Waals surface area contributed by atoms with E-state index in [1.54, 1.807) is 0 Å². The SMILES string of the molecule is CCn1c2ccccc2c2ccc(Cc3ccc4c(c3)-c3ccccc3C4)cc21. The van der Waals surface area contributed by atoms with E-state index in [9.17, 15) is 0 Å². The molecule has 0 radical (unpaired) electrons. The van der Waals surface area contributed by atoms with Gasteiger partial charge in [-0.1, -0.05) is 72.8 Å². The molecular weight excluding hydrogens is 350 g/mol. The fourth-order valence-corrected chi connectivity index (χ4v) is 5.06. The highest BCUT2D eigenvalue weighted by atomic mass is 15.0. The van der Waals surface area contributed by atoms with Crippen molar-refractivity contribution in [3.8, 4) is 11.1 Å². The summed E-state index contributed by atoms with van der Waals surface area (Å²) in [5.74, 6) is 0. The van der Waals surface area contributed by atoms with Crippen molar-refractivity contribution in [2.45, 2.75) is 26.3 Å². The number of aromatic nitrogens is 1. The summed E-state index contributed by atoms with van der Waals surface area (Å²) in [4.78, 5) is 0. The second kappa shape index (κ2) is 6.35. The second-order valence-corrected chi connectivity index (χ2v) is 8.12. The summed E-state index contributed by atoms with van der Waals surface area (Å²) in [5.41, 5.74) is 11.2. The zero-order valence-electron chi connectivity index (χ0n) is 16.7. The Kier molecular flexibility index (Phi) is 3.64. The van der Waals surface area contributed by atoms with Crippen LogP contribution in [-0.4, -0.2) is 4.57 Å². The number of nitrogens with zero attached hydrogens (tertiary/aromatic N) is 1. The summed E-state index contributed by atoms with van der Waals surface area (Å²) in [6.45, 7) is 3.22. The van der Waals surface area contributed by atoms with Crippen LogP contribution in [0.4, 0.5) is 0 Å². The molecule has 0 amide bonds. The first kappa shape index (κ1) is 16.6. The fraction of sp³-hybridized carbons (Fsp3) is 0.143. The molecule has 1 heteroatoms. The predicted octanol–water partition coefficient (Wildman–Crippen LogP) is 6.98. The number of rotatable bonds is 3. The minimum atomic E-state index is 0.969. The topological polar surface area (TPSA) is 4.93 Å². The average Bonchev–Trinajstić information content (AvgIpc) is 3.28. The van der Waals surface area contributed by atoms with Crippen molar-refractivity contribution < 1.29 is 0 Å². The van der Waals surface area contributed by atoms with Crippen LogP contribution in [0.2, 0.25) is 0 Å². The van der Waals surface area contributed by atoms with Crippen molar-refractivity contribution in [2.75, 3.05) is 0 Å². The van der Waals surface area contributed by atoms with E-state index < -0.39 is 0 Å². The van der Waals surface area contributed by atoms with E-state index in [4.69, 9.17) is 0 Å². The van der Waals surface area contributed by atoms with Crippen LogP contribution in [0.1, 0.15) is 29.2 Å². The molecule has 1 aliphatic carbocycles. The van der Waals surface area contributed by atoms with Gasteiger partial charge < -0.3 is 4.57 Å². The van der Waals surface area contributed by atoms with E-state index in [-0.39, 0.29) is 0 Å². The Morgan fingerprint density at radius 3 is 2.31 bits per heavy atom. The summed E-state index contributed by atoms with van der Waals surface area (Å²) in [7, 11) is 0. The number of para-hydroxylation sites is 1. The van der Waals surface area contributed by atoms with Crippen LogP contribution in [0, 0.1) is 0 Å². The van der Waals surface area contributed by atoms with E-state index in [1.165, 1.54) is 55.2 Å². The third-order valence-electron chi connectivity index (χ3n) is 6.43. The Balaban J connectivity index is 1.42. The molecule has 140 valence electrons. The molecule has 0 atom stereocenters. The Bertz CT molecular complexity index is 1390. The van der Waals surface area contributed by atoms with Gasteiger partial charge in [0.25, 0.3) is 0 Å². The first-order valence-electron chi connectivity index (χ1n) is 10.5. The largest absolute Gasteiger partial charge is 0.341 e. The number of benzene rings is 4. The maximum absolute atomic E-state index is 2.44. The zero-order valence-corrected chi connectivity index (χ0v) is 16.7. The first-order valence-corrected chi connectivity index (χ1v) is 10.5. The zero-order chi connectivity index (χ0) is 19.4. The van der Waals surface area contributed by atoms with Gasteiger partial charge in [0.05, 0.1) is 0 Å². The lowest BCUT2D eigenvalue weighted by molar-refractivity contribution is 0.826. The van der Waals surface area contributed by atoms with Crippen molar-refractivity contribution in [3.63, 3.8) is 0 Å². The van der Waals surface area contributed by atoms with Gasteiger partial charge in [-0.15, -0.1) is 0 Å². The molecule has 0 unspecified atom stereocenters. The van der Waals surface area contributed by atoms with Gasteiger partial charge >= 0.3 is 0 Å². The van der Waals surface area contributed by atoms with Gasteiger partial charge in [0.15, 0.2) is 0 Å². The third-order valence-corrected chi connectivity index (χ3v) is 6.43. The number of hydrogen-bond donors (Lipinski definition) is 0. The highest BCUT2D eigenvalue weighted by Crippen LogP contribution is 2.37. The molecule has 29 heavy (non-hydrogen) atoms. The minimum Gasteiger partial charge on any atom is -0.341 e. The molecule has 0 spiro atoms. The van der Waals surface area contributed by atoms with Crippen LogP contribution in [0.25, 0.3) is 32.9 Å². The minimum absolute atomic E-state index is 0.969. The van der Waals surface area contributed by atoms with Crippen LogP contribution >= 0.6 is 0 Å². The van der Waals surface area contributed by atoms with Crippen molar-refractivity contribution in [3.05, 3.63) is 107 Å². The predicted molar refractivity (Wildman–Crippen MR) is 123 cm³/mol. The Hall–Kier alpha value is -3.32. The van der Waals surface area contributed by atoms with E-state index in [0.717, 1.165) is 19.4 Å². The summed E-state index contributed by atoms with van der Waals surface area (Å²) in [5, 5.41) is 2.71. The number of hydrogen-bond acceptors (Lipinski definition) is 0. The Labute approximate surface area is 171 Å². The smallest absolute Gasteiger partial charge is 0.0494 e. The van der Waals surface area contributed by atoms with Gasteiger partial charge in [0, 0.05) is 28.4 Å². The number of fused-ring (bicyclic) bond motifs is 6. The molecule has 0 aliphatic heterocycles. The lowest BCUT2D eigenvalue weighted by atomic mass is 9.98. The Morgan fingerprint density at radius 1 is 0.655 bits per heavy atom. The van der Waals surface area contributed by atoms with Crippen molar-refractivity contribution in [2.24, 2.45) is 0 Å². The summed E-state index contributed by atoms with van der Waals surface area (Å²) in [6, 6.07) is 31.6. The molecule has 6 rings (SSSR count). The van der Waals surface area contributed by atoms with Crippen LogP contribution < -0.4 is 0 Å². The van der Waals surface area contributed by atoms with Gasteiger partial charge in [-0.05, 0) is 65.3 Å². The standard InChI is InChI=1S/C28H23N/c1-2-29-27-10-6-5-9-24(27)25-14-12-20(17-28(25)29)15-19-11-13-22-18-21-7-3-4-8-23(21)26(22)16-19/h3-14,16-17H,2,15,18H2,1H3. The molecule has 0 N–H and O–H groups in total. The molecule has 0 bridgehead atoms. The van der Waals surface area contributed by atoms with Crippen LogP contribution in [0.5, 0.6) is 0 Å². The number of aryl methyl sites for hydroxylation is 1. The Morgan fingerprint density at radius 2 is 1.38 bits per heavy atom. The molecule has 4 aromatic carbocycles. The maximum atomic E-state index is 2.44. The van der Waals surface area contributed by atoms with Gasteiger partial charge in [-0.2, -0.15) is 0 Å².